The molecule has 0 saturated heterocycles. The number of nitro groups is 1. The van der Waals surface area contributed by atoms with E-state index in [1.807, 2.05) is 18.2 Å². The van der Waals surface area contributed by atoms with Crippen molar-refractivity contribution < 1.29 is 4.92 Å². The Hall–Kier alpha value is -2.24. The summed E-state index contributed by atoms with van der Waals surface area (Å²) in [6.07, 6.45) is 10.4. The Morgan fingerprint density at radius 2 is 2.06 bits per heavy atom. The van der Waals surface area contributed by atoms with E-state index in [-0.39, 0.29) is 5.69 Å². The van der Waals surface area contributed by atoms with Gasteiger partial charge in [0.05, 0.1) is 4.92 Å². The third-order valence-corrected chi connectivity index (χ3v) is 2.10. The molecule has 0 aliphatic heterocycles. The topological polar surface area (TPSA) is 81.0 Å². The number of hydrogen-bond acceptors (Lipinski definition) is 5. The molecule has 1 heterocycles. The van der Waals surface area contributed by atoms with Gasteiger partial charge in [0.1, 0.15) is 12.4 Å². The smallest absolute Gasteiger partial charge is 0.305 e. The fourth-order valence-electron chi connectivity index (χ4n) is 1.32. The van der Waals surface area contributed by atoms with Crippen molar-refractivity contribution in [3.05, 3.63) is 46.4 Å². The molecule has 1 aliphatic rings. The van der Waals surface area contributed by atoms with Gasteiger partial charge in [0.15, 0.2) is 0 Å². The van der Waals surface area contributed by atoms with E-state index >= 15 is 0 Å². The molecule has 0 saturated carbocycles. The van der Waals surface area contributed by atoms with E-state index in [4.69, 9.17) is 0 Å². The lowest BCUT2D eigenvalue weighted by molar-refractivity contribution is -0.385. The molecular weight excluding hydrogens is 208 g/mol. The third kappa shape index (κ3) is 2.41. The molecule has 0 atom stereocenters. The van der Waals surface area contributed by atoms with Crippen LogP contribution in [0.25, 0.3) is 0 Å². The second kappa shape index (κ2) is 4.52. The highest BCUT2D eigenvalue weighted by atomic mass is 16.6. The Bertz CT molecular complexity index is 450. The van der Waals surface area contributed by atoms with Crippen molar-refractivity contribution in [3.8, 4) is 0 Å². The minimum atomic E-state index is -0.524. The summed E-state index contributed by atoms with van der Waals surface area (Å²) in [5.41, 5.74) is 0.804. The van der Waals surface area contributed by atoms with Crippen LogP contribution in [0.4, 0.5) is 11.6 Å². The number of hydrogen-bond donors (Lipinski definition) is 1. The Morgan fingerprint density at radius 1 is 1.31 bits per heavy atom. The van der Waals surface area contributed by atoms with Crippen LogP contribution in [-0.2, 0) is 0 Å². The molecule has 0 radical (unpaired) electrons. The zero-order valence-electron chi connectivity index (χ0n) is 8.46. The molecule has 1 aromatic rings. The normalized spacial score (nSPS) is 14.4. The highest BCUT2D eigenvalue weighted by molar-refractivity contribution is 5.41. The van der Waals surface area contributed by atoms with Gasteiger partial charge in [-0.25, -0.2) is 9.97 Å². The largest absolute Gasteiger partial charge is 0.324 e. The Kier molecular flexibility index (Phi) is 2.90. The number of rotatable bonds is 3. The highest BCUT2D eigenvalue weighted by Gasteiger charge is 2.07. The van der Waals surface area contributed by atoms with Gasteiger partial charge in [-0.1, -0.05) is 12.2 Å². The highest BCUT2D eigenvalue weighted by Crippen LogP contribution is 2.13. The summed E-state index contributed by atoms with van der Waals surface area (Å²) in [6, 6.07) is 0. The third-order valence-electron chi connectivity index (χ3n) is 2.10. The molecule has 6 nitrogen and oxygen atoms in total. The van der Waals surface area contributed by atoms with Gasteiger partial charge in [-0.2, -0.15) is 0 Å². The van der Waals surface area contributed by atoms with Crippen molar-refractivity contribution >= 4 is 11.6 Å². The molecule has 16 heavy (non-hydrogen) atoms. The second-order valence-electron chi connectivity index (χ2n) is 3.29. The quantitative estimate of drug-likeness (QED) is 0.620. The SMILES string of the molecule is O=[N+]([O-])c1cnc(NC2=CCCC=C2)nc1. The lowest BCUT2D eigenvalue weighted by atomic mass is 10.1. The lowest BCUT2D eigenvalue weighted by Crippen LogP contribution is -2.03. The van der Waals surface area contributed by atoms with Gasteiger partial charge >= 0.3 is 5.69 Å². The van der Waals surface area contributed by atoms with Crippen molar-refractivity contribution in [2.75, 3.05) is 5.32 Å². The van der Waals surface area contributed by atoms with Crippen molar-refractivity contribution in [3.63, 3.8) is 0 Å². The van der Waals surface area contributed by atoms with Crippen LogP contribution in [0, 0.1) is 10.1 Å². The van der Waals surface area contributed by atoms with Crippen molar-refractivity contribution in [2.45, 2.75) is 12.8 Å². The van der Waals surface area contributed by atoms with E-state index in [1.165, 1.54) is 12.4 Å². The Balaban J connectivity index is 2.08. The van der Waals surface area contributed by atoms with E-state index in [9.17, 15) is 10.1 Å². The Labute approximate surface area is 91.9 Å². The van der Waals surface area contributed by atoms with Crippen LogP contribution >= 0.6 is 0 Å². The minimum absolute atomic E-state index is 0.112. The maximum absolute atomic E-state index is 10.4. The van der Waals surface area contributed by atoms with Gasteiger partial charge in [0, 0.05) is 5.70 Å². The summed E-state index contributed by atoms with van der Waals surface area (Å²) >= 11 is 0. The first-order chi connectivity index (χ1) is 7.75. The summed E-state index contributed by atoms with van der Waals surface area (Å²) in [5, 5.41) is 13.4. The maximum atomic E-state index is 10.4. The van der Waals surface area contributed by atoms with Gasteiger partial charge in [0.25, 0.3) is 0 Å². The lowest BCUT2D eigenvalue weighted by Gasteiger charge is -2.07. The molecule has 6 heteroatoms. The van der Waals surface area contributed by atoms with E-state index in [0.29, 0.717) is 5.95 Å². The molecule has 1 aliphatic carbocycles. The fourth-order valence-corrected chi connectivity index (χ4v) is 1.32. The molecule has 82 valence electrons. The molecule has 0 spiro atoms. The van der Waals surface area contributed by atoms with Crippen LogP contribution in [0.5, 0.6) is 0 Å². The van der Waals surface area contributed by atoms with Crippen LogP contribution in [-0.4, -0.2) is 14.9 Å². The number of nitrogens with zero attached hydrogens (tertiary/aromatic N) is 3. The first kappa shape index (κ1) is 10.3. The van der Waals surface area contributed by atoms with Gasteiger partial charge in [-0.15, -0.1) is 0 Å². The molecular formula is C10H10N4O2. The van der Waals surface area contributed by atoms with Crippen LogP contribution in [0.15, 0.2) is 36.3 Å². The van der Waals surface area contributed by atoms with Gasteiger partial charge in [0.2, 0.25) is 5.95 Å². The standard InChI is InChI=1S/C10H10N4O2/c15-14(16)9-6-11-10(12-7-9)13-8-4-2-1-3-5-8/h2,4-7H,1,3H2,(H,11,12,13). The molecule has 0 bridgehead atoms. The van der Waals surface area contributed by atoms with Gasteiger partial charge in [-0.05, 0) is 18.9 Å². The molecule has 1 aromatic heterocycles. The summed E-state index contributed by atoms with van der Waals surface area (Å²) in [5.74, 6) is 0.364. The average molecular weight is 218 g/mol. The van der Waals surface area contributed by atoms with Gasteiger partial charge in [-0.3, -0.25) is 10.1 Å². The van der Waals surface area contributed by atoms with Crippen molar-refractivity contribution in [2.24, 2.45) is 0 Å². The number of allylic oxidation sites excluding steroid dienone is 3. The van der Waals surface area contributed by atoms with Crippen molar-refractivity contribution in [1.29, 1.82) is 0 Å². The van der Waals surface area contributed by atoms with Crippen LogP contribution in [0.1, 0.15) is 12.8 Å². The zero-order valence-corrected chi connectivity index (χ0v) is 8.46. The Morgan fingerprint density at radius 3 is 2.62 bits per heavy atom. The average Bonchev–Trinajstić information content (AvgIpc) is 2.31. The first-order valence-electron chi connectivity index (χ1n) is 4.86. The molecule has 0 amide bonds. The zero-order chi connectivity index (χ0) is 11.4. The van der Waals surface area contributed by atoms with E-state index in [0.717, 1.165) is 18.5 Å². The van der Waals surface area contributed by atoms with Gasteiger partial charge < -0.3 is 5.32 Å². The number of nitrogens with one attached hydrogen (secondary N) is 1. The summed E-state index contributed by atoms with van der Waals surface area (Å²) < 4.78 is 0. The summed E-state index contributed by atoms with van der Waals surface area (Å²) in [7, 11) is 0. The van der Waals surface area contributed by atoms with Crippen LogP contribution < -0.4 is 5.32 Å². The van der Waals surface area contributed by atoms with Crippen molar-refractivity contribution in [1.82, 2.24) is 9.97 Å². The molecule has 2 rings (SSSR count). The fraction of sp³-hybridized carbons (Fsp3) is 0.200. The van der Waals surface area contributed by atoms with E-state index in [2.05, 4.69) is 15.3 Å². The second-order valence-corrected chi connectivity index (χ2v) is 3.29. The first-order valence-corrected chi connectivity index (χ1v) is 4.86. The molecule has 0 aromatic carbocycles. The maximum Gasteiger partial charge on any atom is 0.305 e. The summed E-state index contributed by atoms with van der Waals surface area (Å²) in [4.78, 5) is 17.6. The minimum Gasteiger partial charge on any atom is -0.324 e. The van der Waals surface area contributed by atoms with Crippen LogP contribution in [0.3, 0.4) is 0 Å². The summed E-state index contributed by atoms with van der Waals surface area (Å²) in [6.45, 7) is 0. The van der Waals surface area contributed by atoms with E-state index in [1.54, 1.807) is 0 Å². The predicted molar refractivity (Wildman–Crippen MR) is 58.8 cm³/mol. The van der Waals surface area contributed by atoms with E-state index < -0.39 is 4.92 Å². The predicted octanol–water partition coefficient (Wildman–Crippen LogP) is 2.03. The monoisotopic (exact) mass is 218 g/mol. The molecule has 0 unspecified atom stereocenters. The number of aromatic nitrogens is 2. The number of anilines is 1. The molecule has 0 fully saturated rings. The molecule has 1 N–H and O–H groups in total. The van der Waals surface area contributed by atoms with Crippen LogP contribution in [0.2, 0.25) is 0 Å².